The zero-order valence-electron chi connectivity index (χ0n) is 13.7. The van der Waals surface area contributed by atoms with E-state index in [4.69, 9.17) is 4.74 Å². The lowest BCUT2D eigenvalue weighted by Crippen LogP contribution is -2.23. The van der Waals surface area contributed by atoms with E-state index in [-0.39, 0.29) is 5.56 Å². The molecule has 3 rings (SSSR count). The first kappa shape index (κ1) is 18.8. The topological polar surface area (TPSA) is 55.4 Å². The van der Waals surface area contributed by atoms with Crippen LogP contribution in [0.5, 0.6) is 0 Å². The lowest BCUT2D eigenvalue weighted by molar-refractivity contribution is -0.119. The fourth-order valence-corrected chi connectivity index (χ4v) is 2.80. The number of carbonyl (C=O) groups excluding carboxylic acids is 2. The van der Waals surface area contributed by atoms with Gasteiger partial charge in [-0.2, -0.15) is 0 Å². The highest BCUT2D eigenvalue weighted by Gasteiger charge is 2.27. The molecule has 1 aliphatic carbocycles. The largest absolute Gasteiger partial charge is 0.452 e. The van der Waals surface area contributed by atoms with Crippen molar-refractivity contribution in [2.24, 2.45) is 0 Å². The highest BCUT2D eigenvalue weighted by molar-refractivity contribution is 5.95. The van der Waals surface area contributed by atoms with E-state index < -0.39 is 53.3 Å². The van der Waals surface area contributed by atoms with Crippen LogP contribution >= 0.6 is 0 Å². The average molecular weight is 385 g/mol. The third-order valence-corrected chi connectivity index (χ3v) is 4.14. The van der Waals surface area contributed by atoms with E-state index in [9.17, 15) is 31.5 Å². The van der Waals surface area contributed by atoms with Crippen LogP contribution in [0.15, 0.2) is 18.2 Å². The molecule has 0 bridgehead atoms. The Hall–Kier alpha value is -2.97. The van der Waals surface area contributed by atoms with Gasteiger partial charge in [-0.1, -0.05) is 6.07 Å². The molecular weight excluding hydrogens is 373 g/mol. The molecule has 1 amide bonds. The van der Waals surface area contributed by atoms with Crippen molar-refractivity contribution >= 4 is 17.6 Å². The monoisotopic (exact) mass is 385 g/mol. The summed E-state index contributed by atoms with van der Waals surface area (Å²) in [4.78, 5) is 23.7. The molecule has 0 radical (unpaired) electrons. The second-order valence-electron chi connectivity index (χ2n) is 5.91. The molecule has 0 atom stereocenters. The molecule has 0 fully saturated rings. The lowest BCUT2D eigenvalue weighted by Gasteiger charge is -2.10. The molecule has 0 aromatic heterocycles. The number of amides is 1. The van der Waals surface area contributed by atoms with E-state index >= 15 is 0 Å². The van der Waals surface area contributed by atoms with Gasteiger partial charge in [0.2, 0.25) is 5.82 Å². The summed E-state index contributed by atoms with van der Waals surface area (Å²) in [6.45, 7) is -0.963. The fraction of sp³-hybridized carbons (Fsp3) is 0.222. The Bertz CT molecular complexity index is 916. The van der Waals surface area contributed by atoms with E-state index in [2.05, 4.69) is 0 Å². The van der Waals surface area contributed by atoms with E-state index in [0.29, 0.717) is 0 Å². The molecule has 4 nitrogen and oxygen atoms in total. The molecule has 27 heavy (non-hydrogen) atoms. The predicted octanol–water partition coefficient (Wildman–Crippen LogP) is 3.67. The summed E-state index contributed by atoms with van der Waals surface area (Å²) >= 11 is 0. The smallest absolute Gasteiger partial charge is 0.338 e. The quantitative estimate of drug-likeness (QED) is 0.378. The van der Waals surface area contributed by atoms with Crippen molar-refractivity contribution in [3.05, 3.63) is 64.0 Å². The van der Waals surface area contributed by atoms with Crippen LogP contribution < -0.4 is 5.32 Å². The van der Waals surface area contributed by atoms with Gasteiger partial charge in [-0.3, -0.25) is 4.79 Å². The third-order valence-electron chi connectivity index (χ3n) is 4.14. The van der Waals surface area contributed by atoms with Crippen molar-refractivity contribution in [1.82, 2.24) is 0 Å². The minimum Gasteiger partial charge on any atom is -0.452 e. The molecule has 0 spiro atoms. The summed E-state index contributed by atoms with van der Waals surface area (Å²) < 4.78 is 70.9. The first-order chi connectivity index (χ1) is 12.8. The van der Waals surface area contributed by atoms with E-state index in [0.717, 1.165) is 30.4 Å². The van der Waals surface area contributed by atoms with Crippen LogP contribution in [0.3, 0.4) is 0 Å². The average Bonchev–Trinajstić information content (AvgIpc) is 3.14. The SMILES string of the molecule is O=C(COC(=O)c1ccc2c(c1)CCC2)Nc1c(F)c(F)c(F)c(F)c1F. The van der Waals surface area contributed by atoms with Crippen molar-refractivity contribution in [3.63, 3.8) is 0 Å². The maximum atomic E-state index is 13.5. The van der Waals surface area contributed by atoms with Gasteiger partial charge in [-0.15, -0.1) is 0 Å². The van der Waals surface area contributed by atoms with Crippen LogP contribution in [0, 0.1) is 29.1 Å². The Kier molecular flexibility index (Phi) is 5.11. The number of hydrogen-bond donors (Lipinski definition) is 1. The zero-order chi connectivity index (χ0) is 19.7. The summed E-state index contributed by atoms with van der Waals surface area (Å²) in [6, 6.07) is 4.93. The molecule has 1 aliphatic rings. The Morgan fingerprint density at radius 2 is 1.48 bits per heavy atom. The van der Waals surface area contributed by atoms with Gasteiger partial charge < -0.3 is 10.1 Å². The second-order valence-corrected chi connectivity index (χ2v) is 5.91. The minimum atomic E-state index is -2.34. The van der Waals surface area contributed by atoms with Crippen molar-refractivity contribution < 1.29 is 36.3 Å². The third kappa shape index (κ3) is 3.62. The molecule has 9 heteroatoms. The van der Waals surface area contributed by atoms with E-state index in [1.165, 1.54) is 11.4 Å². The van der Waals surface area contributed by atoms with Crippen molar-refractivity contribution in [2.75, 3.05) is 11.9 Å². The Labute approximate surface area is 149 Å². The van der Waals surface area contributed by atoms with Gasteiger partial charge in [0.25, 0.3) is 5.91 Å². The minimum absolute atomic E-state index is 0.194. The second kappa shape index (κ2) is 7.34. The van der Waals surface area contributed by atoms with Crippen molar-refractivity contribution in [2.45, 2.75) is 19.3 Å². The number of nitrogens with one attached hydrogen (secondary N) is 1. The molecule has 0 saturated heterocycles. The van der Waals surface area contributed by atoms with Crippen LogP contribution in [0.1, 0.15) is 27.9 Å². The first-order valence-electron chi connectivity index (χ1n) is 7.89. The lowest BCUT2D eigenvalue weighted by atomic mass is 10.1. The number of aryl methyl sites for hydroxylation is 2. The standard InChI is InChI=1S/C18H12F5NO3/c19-12-13(20)15(22)17(16(23)14(12)21)24-11(25)7-27-18(26)10-5-4-8-2-1-3-9(8)6-10/h4-6H,1-3,7H2,(H,24,25). The van der Waals surface area contributed by atoms with Gasteiger partial charge >= 0.3 is 5.97 Å². The van der Waals surface area contributed by atoms with E-state index in [1.807, 2.05) is 0 Å². The molecule has 0 aliphatic heterocycles. The fourth-order valence-electron chi connectivity index (χ4n) is 2.80. The molecular formula is C18H12F5NO3. The number of benzene rings is 2. The number of esters is 1. The highest BCUT2D eigenvalue weighted by Crippen LogP contribution is 2.27. The maximum Gasteiger partial charge on any atom is 0.338 e. The molecule has 0 heterocycles. The Balaban J connectivity index is 1.66. The maximum absolute atomic E-state index is 13.5. The first-order valence-corrected chi connectivity index (χ1v) is 7.89. The Morgan fingerprint density at radius 3 is 2.15 bits per heavy atom. The number of hydrogen-bond acceptors (Lipinski definition) is 3. The number of anilines is 1. The molecule has 0 saturated carbocycles. The van der Waals surface area contributed by atoms with Gasteiger partial charge in [0.05, 0.1) is 5.56 Å². The van der Waals surface area contributed by atoms with Crippen LogP contribution in [-0.4, -0.2) is 18.5 Å². The highest BCUT2D eigenvalue weighted by atomic mass is 19.2. The van der Waals surface area contributed by atoms with Crippen LogP contribution in [0.25, 0.3) is 0 Å². The number of ether oxygens (including phenoxy) is 1. The molecule has 2 aromatic rings. The predicted molar refractivity (Wildman–Crippen MR) is 83.6 cm³/mol. The van der Waals surface area contributed by atoms with E-state index in [1.54, 1.807) is 12.1 Å². The Morgan fingerprint density at radius 1 is 0.889 bits per heavy atom. The molecule has 0 unspecified atom stereocenters. The van der Waals surface area contributed by atoms with Gasteiger partial charge in [-0.05, 0) is 42.5 Å². The number of fused-ring (bicyclic) bond motifs is 1. The van der Waals surface area contributed by atoms with Crippen LogP contribution in [-0.2, 0) is 22.4 Å². The summed E-state index contributed by atoms with van der Waals surface area (Å²) in [5, 5.41) is 1.52. The van der Waals surface area contributed by atoms with Crippen LogP contribution in [0.4, 0.5) is 27.6 Å². The van der Waals surface area contributed by atoms with Crippen molar-refractivity contribution in [1.29, 1.82) is 0 Å². The number of halogens is 5. The van der Waals surface area contributed by atoms with Gasteiger partial charge in [-0.25, -0.2) is 26.7 Å². The summed E-state index contributed by atoms with van der Waals surface area (Å²) in [5.41, 5.74) is 0.801. The van der Waals surface area contributed by atoms with Gasteiger partial charge in [0, 0.05) is 0 Å². The van der Waals surface area contributed by atoms with Crippen LogP contribution in [0.2, 0.25) is 0 Å². The normalized spacial score (nSPS) is 12.6. The molecule has 2 aromatic carbocycles. The summed E-state index contributed by atoms with van der Waals surface area (Å²) in [5.74, 6) is -13.2. The number of rotatable bonds is 4. The molecule has 1 N–H and O–H groups in total. The summed E-state index contributed by atoms with van der Waals surface area (Å²) in [6.07, 6.45) is 2.70. The summed E-state index contributed by atoms with van der Waals surface area (Å²) in [7, 11) is 0. The zero-order valence-corrected chi connectivity index (χ0v) is 13.7. The van der Waals surface area contributed by atoms with Gasteiger partial charge in [0.15, 0.2) is 29.9 Å². The molecule has 142 valence electrons. The van der Waals surface area contributed by atoms with Crippen molar-refractivity contribution in [3.8, 4) is 0 Å². The number of carbonyl (C=O) groups is 2. The van der Waals surface area contributed by atoms with Gasteiger partial charge in [0.1, 0.15) is 5.69 Å².